The minimum absolute atomic E-state index is 0.0882. The number of hydrogen-bond donors (Lipinski definition) is 0. The Kier molecular flexibility index (Phi) is 5.24. The third-order valence-corrected chi connectivity index (χ3v) is 4.70. The molecule has 4 rings (SSSR count). The average molecular weight is 389 g/mol. The molecule has 29 heavy (non-hydrogen) atoms. The summed E-state index contributed by atoms with van der Waals surface area (Å²) in [5.41, 5.74) is 3.48. The lowest BCUT2D eigenvalue weighted by atomic mass is 10.2. The first-order valence-corrected chi connectivity index (χ1v) is 9.28. The van der Waals surface area contributed by atoms with E-state index in [1.165, 1.54) is 12.1 Å². The van der Waals surface area contributed by atoms with E-state index in [2.05, 4.69) is 4.98 Å². The number of nitrogens with zero attached hydrogens (tertiary/aromatic N) is 3. The summed E-state index contributed by atoms with van der Waals surface area (Å²) >= 11 is 0. The van der Waals surface area contributed by atoms with Crippen LogP contribution in [0, 0.1) is 5.82 Å². The van der Waals surface area contributed by atoms with Crippen molar-refractivity contribution in [3.63, 3.8) is 0 Å². The van der Waals surface area contributed by atoms with Crippen molar-refractivity contribution in [2.45, 2.75) is 0 Å². The van der Waals surface area contributed by atoms with Gasteiger partial charge >= 0.3 is 0 Å². The van der Waals surface area contributed by atoms with Gasteiger partial charge in [-0.05, 0) is 60.7 Å². The Morgan fingerprint density at radius 2 is 1.76 bits per heavy atom. The molecule has 0 N–H and O–H groups in total. The van der Waals surface area contributed by atoms with Gasteiger partial charge in [-0.15, -0.1) is 0 Å². The molecule has 1 aromatic heterocycles. The molecule has 146 valence electrons. The van der Waals surface area contributed by atoms with Crippen molar-refractivity contribution in [1.82, 2.24) is 14.5 Å². The summed E-state index contributed by atoms with van der Waals surface area (Å²) < 4.78 is 20.5. The van der Waals surface area contributed by atoms with Crippen LogP contribution >= 0.6 is 0 Å². The number of ether oxygens (including phenoxy) is 1. The molecule has 0 bridgehead atoms. The highest BCUT2D eigenvalue weighted by Gasteiger charge is 2.12. The molecule has 6 heteroatoms. The minimum Gasteiger partial charge on any atom is -0.492 e. The molecule has 0 aliphatic carbocycles. The zero-order valence-corrected chi connectivity index (χ0v) is 16.0. The number of likely N-dealkylation sites (N-methyl/N-ethyl adjacent to an activating group) is 1. The third-order valence-electron chi connectivity index (χ3n) is 4.70. The molecular formula is C23H20FN3O2. The fourth-order valence-electron chi connectivity index (χ4n) is 3.08. The monoisotopic (exact) mass is 389 g/mol. The second kappa shape index (κ2) is 8.14. The maximum absolute atomic E-state index is 12.9. The fraction of sp³-hybridized carbons (Fsp3) is 0.130. The highest BCUT2D eigenvalue weighted by atomic mass is 19.1. The summed E-state index contributed by atoms with van der Waals surface area (Å²) in [5.74, 6) is 0.177. The second-order valence-corrected chi connectivity index (χ2v) is 6.68. The van der Waals surface area contributed by atoms with Crippen LogP contribution in [0.5, 0.6) is 5.75 Å². The lowest BCUT2D eigenvalue weighted by molar-refractivity contribution is 0.0774. The van der Waals surface area contributed by atoms with Crippen molar-refractivity contribution in [1.29, 1.82) is 0 Å². The van der Waals surface area contributed by atoms with Crippen LogP contribution in [0.15, 0.2) is 79.1 Å². The van der Waals surface area contributed by atoms with E-state index in [-0.39, 0.29) is 11.7 Å². The summed E-state index contributed by atoms with van der Waals surface area (Å²) in [5, 5.41) is 0. The molecule has 0 unspecified atom stereocenters. The van der Waals surface area contributed by atoms with Crippen LogP contribution in [-0.4, -0.2) is 40.6 Å². The van der Waals surface area contributed by atoms with Crippen molar-refractivity contribution < 1.29 is 13.9 Å². The predicted octanol–water partition coefficient (Wildman–Crippen LogP) is 4.32. The SMILES string of the molecule is CN(CCOc1ccc(F)cc1)C(=O)c1ccc(-n2cnc3ccccc32)cc1. The predicted molar refractivity (Wildman–Crippen MR) is 110 cm³/mol. The average Bonchev–Trinajstić information content (AvgIpc) is 3.19. The van der Waals surface area contributed by atoms with Gasteiger partial charge in [-0.25, -0.2) is 9.37 Å². The molecule has 1 amide bonds. The number of para-hydroxylation sites is 2. The number of carbonyl (C=O) groups is 1. The van der Waals surface area contributed by atoms with Crippen LogP contribution in [0.25, 0.3) is 16.7 Å². The molecule has 4 aromatic rings. The first-order chi connectivity index (χ1) is 14.1. The molecule has 0 aliphatic rings. The summed E-state index contributed by atoms with van der Waals surface area (Å²) in [4.78, 5) is 18.6. The summed E-state index contributed by atoms with van der Waals surface area (Å²) in [6.07, 6.45) is 1.78. The molecule has 0 spiro atoms. The van der Waals surface area contributed by atoms with E-state index in [4.69, 9.17) is 4.74 Å². The standard InChI is InChI=1S/C23H20FN3O2/c1-26(14-15-29-20-12-8-18(24)9-13-20)23(28)17-6-10-19(11-7-17)27-16-25-21-4-2-3-5-22(21)27/h2-13,16H,14-15H2,1H3. The van der Waals surface area contributed by atoms with Crippen LogP contribution < -0.4 is 4.74 Å². The Morgan fingerprint density at radius 3 is 2.52 bits per heavy atom. The zero-order valence-electron chi connectivity index (χ0n) is 16.0. The molecule has 0 radical (unpaired) electrons. The summed E-state index contributed by atoms with van der Waals surface area (Å²) in [7, 11) is 1.73. The van der Waals surface area contributed by atoms with Gasteiger partial charge in [-0.1, -0.05) is 12.1 Å². The number of carbonyl (C=O) groups excluding carboxylic acids is 1. The maximum atomic E-state index is 12.9. The Balaban J connectivity index is 1.39. The Hall–Kier alpha value is -3.67. The minimum atomic E-state index is -0.309. The van der Waals surface area contributed by atoms with Crippen LogP contribution in [0.1, 0.15) is 10.4 Å². The topological polar surface area (TPSA) is 47.4 Å². The molecule has 0 saturated heterocycles. The molecule has 0 aliphatic heterocycles. The molecule has 3 aromatic carbocycles. The number of fused-ring (bicyclic) bond motifs is 1. The Morgan fingerprint density at radius 1 is 1.03 bits per heavy atom. The van der Waals surface area contributed by atoms with Gasteiger partial charge in [0.25, 0.3) is 5.91 Å². The normalized spacial score (nSPS) is 10.8. The Labute approximate surface area is 168 Å². The van der Waals surface area contributed by atoms with E-state index in [1.54, 1.807) is 30.4 Å². The van der Waals surface area contributed by atoms with Gasteiger partial charge in [-0.3, -0.25) is 9.36 Å². The highest BCUT2D eigenvalue weighted by Crippen LogP contribution is 2.18. The first kappa shape index (κ1) is 18.7. The number of hydrogen-bond acceptors (Lipinski definition) is 3. The van der Waals surface area contributed by atoms with E-state index < -0.39 is 0 Å². The van der Waals surface area contributed by atoms with Crippen LogP contribution in [-0.2, 0) is 0 Å². The van der Waals surface area contributed by atoms with Gasteiger partial charge in [0.2, 0.25) is 0 Å². The molecule has 5 nitrogen and oxygen atoms in total. The second-order valence-electron chi connectivity index (χ2n) is 6.68. The summed E-state index contributed by atoms with van der Waals surface area (Å²) in [6.45, 7) is 0.747. The first-order valence-electron chi connectivity index (χ1n) is 9.28. The number of benzene rings is 3. The maximum Gasteiger partial charge on any atom is 0.253 e. The molecular weight excluding hydrogens is 369 g/mol. The van der Waals surface area contributed by atoms with E-state index in [0.29, 0.717) is 24.5 Å². The number of aromatic nitrogens is 2. The van der Waals surface area contributed by atoms with Gasteiger partial charge in [0.1, 0.15) is 24.5 Å². The smallest absolute Gasteiger partial charge is 0.253 e. The lowest BCUT2D eigenvalue weighted by Gasteiger charge is -2.18. The van der Waals surface area contributed by atoms with Gasteiger partial charge in [0, 0.05) is 18.3 Å². The largest absolute Gasteiger partial charge is 0.492 e. The van der Waals surface area contributed by atoms with Gasteiger partial charge in [0.15, 0.2) is 0 Å². The van der Waals surface area contributed by atoms with Crippen molar-refractivity contribution in [2.75, 3.05) is 20.2 Å². The Bertz CT molecular complexity index is 1120. The quantitative estimate of drug-likeness (QED) is 0.494. The molecule has 0 fully saturated rings. The van der Waals surface area contributed by atoms with E-state index in [0.717, 1.165) is 16.7 Å². The van der Waals surface area contributed by atoms with E-state index in [9.17, 15) is 9.18 Å². The van der Waals surface area contributed by atoms with E-state index in [1.807, 2.05) is 53.1 Å². The van der Waals surface area contributed by atoms with Crippen LogP contribution in [0.4, 0.5) is 4.39 Å². The molecule has 0 saturated carbocycles. The number of halogens is 1. The number of imidazole rings is 1. The zero-order chi connectivity index (χ0) is 20.2. The highest BCUT2D eigenvalue weighted by molar-refractivity contribution is 5.94. The van der Waals surface area contributed by atoms with Gasteiger partial charge in [-0.2, -0.15) is 0 Å². The summed E-state index contributed by atoms with van der Waals surface area (Å²) in [6, 6.07) is 21.2. The fourth-order valence-corrected chi connectivity index (χ4v) is 3.08. The molecule has 1 heterocycles. The van der Waals surface area contributed by atoms with Crippen molar-refractivity contribution in [3.05, 3.63) is 90.5 Å². The third kappa shape index (κ3) is 4.11. The van der Waals surface area contributed by atoms with Gasteiger partial charge < -0.3 is 9.64 Å². The van der Waals surface area contributed by atoms with E-state index >= 15 is 0 Å². The molecule has 0 atom stereocenters. The van der Waals surface area contributed by atoms with Crippen LogP contribution in [0.2, 0.25) is 0 Å². The van der Waals surface area contributed by atoms with Crippen molar-refractivity contribution in [3.8, 4) is 11.4 Å². The number of amides is 1. The van der Waals surface area contributed by atoms with Crippen LogP contribution in [0.3, 0.4) is 0 Å². The van der Waals surface area contributed by atoms with Crippen molar-refractivity contribution >= 4 is 16.9 Å². The van der Waals surface area contributed by atoms with Gasteiger partial charge in [0.05, 0.1) is 17.6 Å². The van der Waals surface area contributed by atoms with Crippen molar-refractivity contribution in [2.24, 2.45) is 0 Å². The number of rotatable bonds is 6. The lowest BCUT2D eigenvalue weighted by Crippen LogP contribution is -2.30.